The Labute approximate surface area is 206 Å². The standard InChI is InChI=1S/2C10H10O5.Ca/c2*1-2-6(11)9-7(12)3-5(10(14)15)4-8(9)13;/h2*3,9H,2,4H2,1H3,(H,14,15);/q;;+2/p-2. The molecule has 11 heteroatoms. The fourth-order valence-electron chi connectivity index (χ4n) is 2.86. The van der Waals surface area contributed by atoms with Gasteiger partial charge in [0.2, 0.25) is 0 Å². The second-order valence-electron chi connectivity index (χ2n) is 6.51. The van der Waals surface area contributed by atoms with Crippen LogP contribution in [0.5, 0.6) is 0 Å². The van der Waals surface area contributed by atoms with Crippen LogP contribution in [0.25, 0.3) is 0 Å². The number of aliphatic carboxylic acids is 2. The number of carbonyl (C=O) groups is 8. The van der Waals surface area contributed by atoms with E-state index in [1.807, 2.05) is 0 Å². The number of Topliss-reactive ketones (excluding diaryl/α,β-unsaturated/α-hetero) is 4. The first-order chi connectivity index (χ1) is 13.9. The molecule has 0 saturated carbocycles. The van der Waals surface area contributed by atoms with Crippen molar-refractivity contribution in [1.82, 2.24) is 0 Å². The van der Waals surface area contributed by atoms with Gasteiger partial charge in [-0.25, -0.2) is 0 Å². The number of carbonyl (C=O) groups excluding carboxylic acids is 8. The molecule has 0 saturated heterocycles. The molecule has 0 bridgehead atoms. The maximum absolute atomic E-state index is 11.3. The second-order valence-corrected chi connectivity index (χ2v) is 6.51. The third-order valence-electron chi connectivity index (χ3n) is 4.44. The molecular formula is C20H18CaO10. The van der Waals surface area contributed by atoms with Crippen molar-refractivity contribution in [2.75, 3.05) is 0 Å². The minimum Gasteiger partial charge on any atom is -0.545 e. The molecule has 2 unspecified atom stereocenters. The molecule has 0 aromatic rings. The number of ketones is 6. The van der Waals surface area contributed by atoms with Crippen molar-refractivity contribution in [1.29, 1.82) is 0 Å². The smallest absolute Gasteiger partial charge is 0.545 e. The van der Waals surface area contributed by atoms with E-state index in [-0.39, 0.29) is 61.7 Å². The van der Waals surface area contributed by atoms with Crippen molar-refractivity contribution in [3.05, 3.63) is 23.3 Å². The van der Waals surface area contributed by atoms with Gasteiger partial charge in [-0.3, -0.25) is 28.8 Å². The predicted octanol–water partition coefficient (Wildman–Crippen LogP) is -2.78. The number of hydrogen-bond acceptors (Lipinski definition) is 10. The molecule has 0 aliphatic heterocycles. The monoisotopic (exact) mass is 458 g/mol. The van der Waals surface area contributed by atoms with Crippen molar-refractivity contribution in [2.45, 2.75) is 39.5 Å². The van der Waals surface area contributed by atoms with E-state index >= 15 is 0 Å². The summed E-state index contributed by atoms with van der Waals surface area (Å²) in [7, 11) is 0. The average molecular weight is 458 g/mol. The van der Waals surface area contributed by atoms with E-state index in [1.165, 1.54) is 0 Å². The Kier molecular flexibility index (Phi) is 11.6. The molecule has 0 spiro atoms. The Hall–Kier alpha value is -2.30. The fraction of sp³-hybridized carbons (Fsp3) is 0.400. The second kappa shape index (κ2) is 12.5. The molecule has 31 heavy (non-hydrogen) atoms. The quantitative estimate of drug-likeness (QED) is 0.298. The van der Waals surface area contributed by atoms with Gasteiger partial charge in [0.1, 0.15) is 11.8 Å². The zero-order valence-corrected chi connectivity index (χ0v) is 19.1. The van der Waals surface area contributed by atoms with Gasteiger partial charge in [0.05, 0.1) is 11.9 Å². The van der Waals surface area contributed by atoms with Gasteiger partial charge in [-0.2, -0.15) is 0 Å². The van der Waals surface area contributed by atoms with Crippen LogP contribution < -0.4 is 10.2 Å². The molecule has 160 valence electrons. The van der Waals surface area contributed by atoms with E-state index in [2.05, 4.69) is 0 Å². The van der Waals surface area contributed by atoms with Gasteiger partial charge in [0.15, 0.2) is 34.7 Å². The molecule has 2 atom stereocenters. The molecule has 0 N–H and O–H groups in total. The summed E-state index contributed by atoms with van der Waals surface area (Å²) in [4.78, 5) is 88.6. The summed E-state index contributed by atoms with van der Waals surface area (Å²) in [5, 5.41) is 20.8. The summed E-state index contributed by atoms with van der Waals surface area (Å²) in [5.74, 6) is -9.47. The molecule has 0 fully saturated rings. The Morgan fingerprint density at radius 2 is 1.03 bits per heavy atom. The minimum absolute atomic E-state index is 0. The summed E-state index contributed by atoms with van der Waals surface area (Å²) in [6.07, 6.45) is 0.964. The zero-order chi connectivity index (χ0) is 23.2. The maximum atomic E-state index is 11.3. The van der Waals surface area contributed by atoms with Crippen LogP contribution in [-0.2, 0) is 38.4 Å². The first-order valence-electron chi connectivity index (χ1n) is 8.96. The summed E-state index contributed by atoms with van der Waals surface area (Å²) in [6, 6.07) is 0. The molecule has 2 rings (SSSR count). The Morgan fingerprint density at radius 1 is 0.742 bits per heavy atom. The summed E-state index contributed by atoms with van der Waals surface area (Å²) < 4.78 is 0. The molecule has 0 aromatic carbocycles. The number of carboxylic acids is 2. The van der Waals surface area contributed by atoms with Gasteiger partial charge in [-0.05, 0) is 23.3 Å². The molecule has 0 heterocycles. The number of allylic oxidation sites excluding steroid dienone is 2. The Morgan fingerprint density at radius 3 is 1.23 bits per heavy atom. The van der Waals surface area contributed by atoms with Gasteiger partial charge in [-0.1, -0.05) is 13.8 Å². The molecule has 2 aliphatic rings. The van der Waals surface area contributed by atoms with Crippen molar-refractivity contribution in [3.8, 4) is 0 Å². The van der Waals surface area contributed by atoms with Crippen LogP contribution >= 0.6 is 0 Å². The zero-order valence-electron chi connectivity index (χ0n) is 16.9. The van der Waals surface area contributed by atoms with Crippen molar-refractivity contribution in [2.24, 2.45) is 11.8 Å². The van der Waals surface area contributed by atoms with E-state index < -0.39 is 71.3 Å². The number of hydrogen-bond donors (Lipinski definition) is 0. The molecule has 0 aromatic heterocycles. The predicted molar refractivity (Wildman–Crippen MR) is 98.8 cm³/mol. The van der Waals surface area contributed by atoms with Crippen LogP contribution in [0, 0.1) is 11.8 Å². The van der Waals surface area contributed by atoms with E-state index in [0.29, 0.717) is 0 Å². The van der Waals surface area contributed by atoms with Crippen LogP contribution in [0.1, 0.15) is 39.5 Å². The number of rotatable bonds is 6. The maximum Gasteiger partial charge on any atom is 2.00 e. The molecule has 0 amide bonds. The van der Waals surface area contributed by atoms with Crippen molar-refractivity contribution in [3.63, 3.8) is 0 Å². The molecular weight excluding hydrogens is 440 g/mol. The SMILES string of the molecule is CCC(=O)C1C(=O)C=C(C(=O)[O-])CC1=O.CCC(=O)C1C(=O)C=C(C(=O)[O-])CC1=O.[Ca+2]. The summed E-state index contributed by atoms with van der Waals surface area (Å²) in [6.45, 7) is 3.09. The van der Waals surface area contributed by atoms with Gasteiger partial charge >= 0.3 is 37.7 Å². The third-order valence-corrected chi connectivity index (χ3v) is 4.44. The molecule has 0 radical (unpaired) electrons. The van der Waals surface area contributed by atoms with E-state index in [1.54, 1.807) is 13.8 Å². The first kappa shape index (κ1) is 28.7. The minimum atomic E-state index is -1.54. The van der Waals surface area contributed by atoms with Crippen molar-refractivity contribution < 1.29 is 48.6 Å². The van der Waals surface area contributed by atoms with E-state index in [0.717, 1.165) is 12.2 Å². The first-order valence-corrected chi connectivity index (χ1v) is 8.96. The van der Waals surface area contributed by atoms with Gasteiger partial charge in [0, 0.05) is 25.7 Å². The van der Waals surface area contributed by atoms with Crippen LogP contribution in [0.2, 0.25) is 0 Å². The van der Waals surface area contributed by atoms with Gasteiger partial charge in [0.25, 0.3) is 0 Å². The topological polar surface area (TPSA) is 183 Å². The summed E-state index contributed by atoms with van der Waals surface area (Å²) >= 11 is 0. The summed E-state index contributed by atoms with van der Waals surface area (Å²) in [5.41, 5.74) is -0.713. The van der Waals surface area contributed by atoms with Crippen molar-refractivity contribution >= 4 is 84.4 Å². The third kappa shape index (κ3) is 7.41. The Bertz CT molecular complexity index is 835. The van der Waals surface area contributed by atoms with E-state index in [9.17, 15) is 48.6 Å². The fourth-order valence-corrected chi connectivity index (χ4v) is 2.86. The van der Waals surface area contributed by atoms with Crippen LogP contribution in [-0.4, -0.2) is 84.4 Å². The van der Waals surface area contributed by atoms with Crippen LogP contribution in [0.15, 0.2) is 23.3 Å². The van der Waals surface area contributed by atoms with Crippen LogP contribution in [0.4, 0.5) is 0 Å². The van der Waals surface area contributed by atoms with Gasteiger partial charge < -0.3 is 19.8 Å². The Balaban J connectivity index is 0.000000562. The largest absolute Gasteiger partial charge is 2.00 e. The number of carboxylic acid groups (broad SMARTS) is 2. The molecule has 2 aliphatic carbocycles. The van der Waals surface area contributed by atoms with Gasteiger partial charge in [-0.15, -0.1) is 0 Å². The average Bonchev–Trinajstić information content (AvgIpc) is 2.66. The van der Waals surface area contributed by atoms with E-state index in [4.69, 9.17) is 0 Å². The van der Waals surface area contributed by atoms with Crippen LogP contribution in [0.3, 0.4) is 0 Å². The normalized spacial score (nSPS) is 20.5. The molecule has 10 nitrogen and oxygen atoms in total.